The van der Waals surface area contributed by atoms with Crippen molar-refractivity contribution in [1.82, 2.24) is 0 Å². The van der Waals surface area contributed by atoms with E-state index in [4.69, 9.17) is 0 Å². The molecule has 0 spiro atoms. The van der Waals surface area contributed by atoms with Gasteiger partial charge in [-0.3, -0.25) is 9.59 Å². The second kappa shape index (κ2) is 9.23. The van der Waals surface area contributed by atoms with Crippen LogP contribution in [0, 0.1) is 11.8 Å². The summed E-state index contributed by atoms with van der Waals surface area (Å²) in [5, 5.41) is 5.79. The van der Waals surface area contributed by atoms with Crippen LogP contribution in [0.3, 0.4) is 0 Å². The van der Waals surface area contributed by atoms with Gasteiger partial charge in [0.15, 0.2) is 0 Å². The molecule has 0 aromatic heterocycles. The van der Waals surface area contributed by atoms with Crippen LogP contribution in [0.15, 0.2) is 24.3 Å². The number of hydrogen-bond donors (Lipinski definition) is 2. The molecule has 0 bridgehead atoms. The van der Waals surface area contributed by atoms with Crippen molar-refractivity contribution in [3.05, 3.63) is 24.3 Å². The van der Waals surface area contributed by atoms with Crippen LogP contribution in [0.5, 0.6) is 0 Å². The van der Waals surface area contributed by atoms with Crippen molar-refractivity contribution in [1.29, 1.82) is 0 Å². The lowest BCUT2D eigenvalue weighted by molar-refractivity contribution is -0.119. The van der Waals surface area contributed by atoms with Crippen LogP contribution in [0.2, 0.25) is 0 Å². The summed E-state index contributed by atoms with van der Waals surface area (Å²) in [7, 11) is 0. The summed E-state index contributed by atoms with van der Waals surface area (Å²) >= 11 is 0. The zero-order valence-electron chi connectivity index (χ0n) is 14.1. The van der Waals surface area contributed by atoms with E-state index in [2.05, 4.69) is 31.4 Å². The first kappa shape index (κ1) is 18.2. The molecule has 1 aromatic rings. The maximum absolute atomic E-state index is 12.0. The van der Waals surface area contributed by atoms with Crippen LogP contribution >= 0.6 is 0 Å². The summed E-state index contributed by atoms with van der Waals surface area (Å²) in [6.07, 6.45) is 3.36. The van der Waals surface area contributed by atoms with E-state index >= 15 is 0 Å². The van der Waals surface area contributed by atoms with E-state index in [1.807, 2.05) is 25.1 Å². The lowest BCUT2D eigenvalue weighted by atomic mass is 10.0. The van der Waals surface area contributed by atoms with Gasteiger partial charge in [0.1, 0.15) is 0 Å². The maximum Gasteiger partial charge on any atom is 0.227 e. The van der Waals surface area contributed by atoms with Crippen LogP contribution in [0.1, 0.15) is 53.4 Å². The fourth-order valence-corrected chi connectivity index (χ4v) is 2.18. The van der Waals surface area contributed by atoms with Crippen molar-refractivity contribution in [3.63, 3.8) is 0 Å². The van der Waals surface area contributed by atoms with Gasteiger partial charge in [-0.05, 0) is 30.5 Å². The Balaban J connectivity index is 2.62. The van der Waals surface area contributed by atoms with Gasteiger partial charge in [-0.15, -0.1) is 0 Å². The Kier molecular flexibility index (Phi) is 7.64. The minimum absolute atomic E-state index is 0.00588. The second-order valence-corrected chi connectivity index (χ2v) is 6.03. The minimum atomic E-state index is -0.00588. The normalized spacial score (nSPS) is 13.3. The van der Waals surface area contributed by atoms with Gasteiger partial charge in [-0.2, -0.15) is 0 Å². The van der Waals surface area contributed by atoms with Gasteiger partial charge in [0.2, 0.25) is 11.8 Å². The number of carbonyl (C=O) groups is 2. The Morgan fingerprint density at radius 3 is 2.32 bits per heavy atom. The Bertz CT molecular complexity index is 500. The van der Waals surface area contributed by atoms with Gasteiger partial charge in [-0.25, -0.2) is 0 Å². The zero-order valence-corrected chi connectivity index (χ0v) is 14.1. The monoisotopic (exact) mass is 304 g/mol. The Morgan fingerprint density at radius 1 is 1.09 bits per heavy atom. The largest absolute Gasteiger partial charge is 0.326 e. The summed E-state index contributed by atoms with van der Waals surface area (Å²) in [4.78, 5) is 23.9. The molecule has 4 heteroatoms. The molecular formula is C18H28N2O2. The highest BCUT2D eigenvalue weighted by atomic mass is 16.2. The summed E-state index contributed by atoms with van der Waals surface area (Å²) in [5.41, 5.74) is 1.43. The van der Waals surface area contributed by atoms with Crippen molar-refractivity contribution >= 4 is 23.2 Å². The van der Waals surface area contributed by atoms with E-state index in [0.29, 0.717) is 23.7 Å². The molecule has 122 valence electrons. The van der Waals surface area contributed by atoms with E-state index in [0.717, 1.165) is 19.3 Å². The van der Waals surface area contributed by atoms with E-state index in [-0.39, 0.29) is 17.7 Å². The molecule has 0 saturated heterocycles. The molecule has 1 rings (SSSR count). The van der Waals surface area contributed by atoms with Crippen molar-refractivity contribution in [2.45, 2.75) is 53.4 Å². The Hall–Kier alpha value is -1.84. The van der Waals surface area contributed by atoms with E-state index in [9.17, 15) is 9.59 Å². The van der Waals surface area contributed by atoms with Gasteiger partial charge in [0, 0.05) is 23.7 Å². The molecule has 0 radical (unpaired) electrons. The topological polar surface area (TPSA) is 58.2 Å². The number of nitrogens with one attached hydrogen (secondary N) is 2. The Labute approximate surface area is 133 Å². The molecule has 2 amide bonds. The third-order valence-electron chi connectivity index (χ3n) is 3.81. The molecule has 2 unspecified atom stereocenters. The van der Waals surface area contributed by atoms with Crippen LogP contribution in [0.25, 0.3) is 0 Å². The minimum Gasteiger partial charge on any atom is -0.326 e. The van der Waals surface area contributed by atoms with Crippen LogP contribution in [-0.2, 0) is 9.59 Å². The molecule has 0 aliphatic heterocycles. The molecule has 0 heterocycles. The first-order valence-corrected chi connectivity index (χ1v) is 8.17. The number of benzene rings is 1. The number of rotatable bonds is 8. The average molecular weight is 304 g/mol. The van der Waals surface area contributed by atoms with Gasteiger partial charge in [-0.1, -0.05) is 46.6 Å². The van der Waals surface area contributed by atoms with Crippen LogP contribution in [-0.4, -0.2) is 11.8 Å². The highest BCUT2D eigenvalue weighted by Gasteiger charge is 2.12. The maximum atomic E-state index is 12.0. The number of hydrogen-bond acceptors (Lipinski definition) is 2. The molecule has 0 saturated carbocycles. The molecule has 4 nitrogen and oxygen atoms in total. The Morgan fingerprint density at radius 2 is 1.73 bits per heavy atom. The quantitative estimate of drug-likeness (QED) is 0.746. The molecule has 2 N–H and O–H groups in total. The fraction of sp³-hybridized carbons (Fsp3) is 0.556. The third kappa shape index (κ3) is 6.29. The fourth-order valence-electron chi connectivity index (χ4n) is 2.18. The molecule has 2 atom stereocenters. The molecule has 0 aliphatic carbocycles. The van der Waals surface area contributed by atoms with Gasteiger partial charge < -0.3 is 10.6 Å². The number of anilines is 2. The van der Waals surface area contributed by atoms with E-state index < -0.39 is 0 Å². The lowest BCUT2D eigenvalue weighted by Crippen LogP contribution is -2.20. The first-order chi connectivity index (χ1) is 10.5. The molecular weight excluding hydrogens is 276 g/mol. The van der Waals surface area contributed by atoms with Crippen molar-refractivity contribution in [2.24, 2.45) is 11.8 Å². The highest BCUT2D eigenvalue weighted by molar-refractivity contribution is 5.94. The summed E-state index contributed by atoms with van der Waals surface area (Å²) < 4.78 is 0. The predicted octanol–water partition coefficient (Wildman–Crippen LogP) is 4.44. The predicted molar refractivity (Wildman–Crippen MR) is 91.8 cm³/mol. The smallest absolute Gasteiger partial charge is 0.227 e. The standard InChI is InChI=1S/C18H28N2O2/c1-5-8-14(4)18(22)20-16-10-7-9-15(12-16)19-17(21)11-13(3)6-2/h7,9-10,12-14H,5-6,8,11H2,1-4H3,(H,19,21)(H,20,22). The van der Waals surface area contributed by atoms with Crippen molar-refractivity contribution in [3.8, 4) is 0 Å². The highest BCUT2D eigenvalue weighted by Crippen LogP contribution is 2.18. The van der Waals surface area contributed by atoms with Crippen LogP contribution < -0.4 is 10.6 Å². The SMILES string of the molecule is CCCC(C)C(=O)Nc1cccc(NC(=O)CC(C)CC)c1. The van der Waals surface area contributed by atoms with E-state index in [1.165, 1.54) is 0 Å². The van der Waals surface area contributed by atoms with Gasteiger partial charge in [0.05, 0.1) is 0 Å². The lowest BCUT2D eigenvalue weighted by Gasteiger charge is -2.13. The summed E-state index contributed by atoms with van der Waals surface area (Å²) in [6, 6.07) is 7.30. The third-order valence-corrected chi connectivity index (χ3v) is 3.81. The van der Waals surface area contributed by atoms with Crippen molar-refractivity contribution < 1.29 is 9.59 Å². The number of amides is 2. The van der Waals surface area contributed by atoms with E-state index in [1.54, 1.807) is 6.07 Å². The average Bonchev–Trinajstić information content (AvgIpc) is 2.47. The van der Waals surface area contributed by atoms with Gasteiger partial charge in [0.25, 0.3) is 0 Å². The van der Waals surface area contributed by atoms with Crippen LogP contribution in [0.4, 0.5) is 11.4 Å². The second-order valence-electron chi connectivity index (χ2n) is 6.03. The zero-order chi connectivity index (χ0) is 16.5. The summed E-state index contributed by atoms with van der Waals surface area (Å²) in [6.45, 7) is 8.13. The first-order valence-electron chi connectivity index (χ1n) is 8.17. The number of carbonyl (C=O) groups excluding carboxylic acids is 2. The molecule has 0 fully saturated rings. The molecule has 0 aliphatic rings. The van der Waals surface area contributed by atoms with Crippen molar-refractivity contribution in [2.75, 3.05) is 10.6 Å². The molecule has 22 heavy (non-hydrogen) atoms. The van der Waals surface area contributed by atoms with Gasteiger partial charge >= 0.3 is 0 Å². The molecule has 1 aromatic carbocycles. The summed E-state index contributed by atoms with van der Waals surface area (Å²) in [5.74, 6) is 0.397.